The number of rotatable bonds is 3. The second-order valence-corrected chi connectivity index (χ2v) is 8.00. The lowest BCUT2D eigenvalue weighted by Crippen LogP contribution is -2.38. The second kappa shape index (κ2) is 8.88. The summed E-state index contributed by atoms with van der Waals surface area (Å²) in [6.07, 6.45) is -7.44. The molecule has 0 spiro atoms. The van der Waals surface area contributed by atoms with Crippen LogP contribution in [0.3, 0.4) is 0 Å². The zero-order valence-electron chi connectivity index (χ0n) is 17.4. The zero-order valence-corrected chi connectivity index (χ0v) is 17.4. The number of carbonyl (C=O) groups is 1. The minimum Gasteiger partial charge on any atom is -0.318 e. The summed E-state index contributed by atoms with van der Waals surface area (Å²) >= 11 is 0. The number of nitrogens with one attached hydrogen (secondary N) is 1. The molecular formula is C23H22F6N2O. The number of hydrogen-bond donors (Lipinski definition) is 1. The van der Waals surface area contributed by atoms with Crippen LogP contribution in [0.5, 0.6) is 0 Å². The van der Waals surface area contributed by atoms with Gasteiger partial charge in [0.2, 0.25) is 0 Å². The molecule has 0 bridgehead atoms. The van der Waals surface area contributed by atoms with Crippen LogP contribution >= 0.6 is 0 Å². The normalized spacial score (nSPS) is 19.9. The summed E-state index contributed by atoms with van der Waals surface area (Å²) in [5.41, 5.74) is -1.64. The van der Waals surface area contributed by atoms with Gasteiger partial charge < -0.3 is 10.2 Å². The highest BCUT2D eigenvalue weighted by molar-refractivity contribution is 5.90. The van der Waals surface area contributed by atoms with Crippen molar-refractivity contribution in [1.29, 1.82) is 0 Å². The molecule has 0 saturated carbocycles. The van der Waals surface area contributed by atoms with Gasteiger partial charge in [-0.15, -0.1) is 0 Å². The molecule has 1 N–H and O–H groups in total. The molecule has 0 aliphatic carbocycles. The molecule has 2 aromatic carbocycles. The van der Waals surface area contributed by atoms with E-state index in [1.165, 1.54) is 4.90 Å². The van der Waals surface area contributed by atoms with E-state index >= 15 is 0 Å². The summed E-state index contributed by atoms with van der Waals surface area (Å²) in [5.74, 6) is 0.123. The van der Waals surface area contributed by atoms with Crippen LogP contribution in [0, 0.1) is 5.92 Å². The molecule has 3 nitrogen and oxygen atoms in total. The Hall–Kier alpha value is -2.97. The molecule has 1 aliphatic rings. The van der Waals surface area contributed by atoms with Gasteiger partial charge in [0.25, 0.3) is 0 Å². The lowest BCUT2D eigenvalue weighted by molar-refractivity contribution is -0.143. The van der Waals surface area contributed by atoms with E-state index in [1.807, 2.05) is 50.3 Å². The average molecular weight is 456 g/mol. The number of carbonyl (C=O) groups excluding carboxylic acids is 1. The van der Waals surface area contributed by atoms with Gasteiger partial charge in [0.05, 0.1) is 17.2 Å². The average Bonchev–Trinajstić information content (AvgIpc) is 3.07. The van der Waals surface area contributed by atoms with Gasteiger partial charge in [0.15, 0.2) is 0 Å². The van der Waals surface area contributed by atoms with Gasteiger partial charge in [0.1, 0.15) is 0 Å². The van der Waals surface area contributed by atoms with Gasteiger partial charge in [-0.05, 0) is 48.6 Å². The molecule has 172 valence electrons. The summed E-state index contributed by atoms with van der Waals surface area (Å²) in [7, 11) is 0. The maximum Gasteiger partial charge on any atom is 0.416 e. The monoisotopic (exact) mass is 456 g/mol. The Balaban J connectivity index is 1.87. The molecule has 2 atom stereocenters. The van der Waals surface area contributed by atoms with Gasteiger partial charge in [-0.1, -0.05) is 43.3 Å². The number of urea groups is 1. The lowest BCUT2D eigenvalue weighted by atomic mass is 10.0. The van der Waals surface area contributed by atoms with E-state index in [0.29, 0.717) is 25.1 Å². The number of likely N-dealkylation sites (tertiary alicyclic amines) is 1. The third-order valence-corrected chi connectivity index (χ3v) is 5.32. The van der Waals surface area contributed by atoms with Crippen LogP contribution in [0.1, 0.15) is 37.0 Å². The quantitative estimate of drug-likeness (QED) is 0.492. The smallest absolute Gasteiger partial charge is 0.318 e. The predicted molar refractivity (Wildman–Crippen MR) is 110 cm³/mol. The number of benzene rings is 2. The van der Waals surface area contributed by atoms with Gasteiger partial charge in [-0.2, -0.15) is 26.3 Å². The van der Waals surface area contributed by atoms with Gasteiger partial charge >= 0.3 is 18.4 Å². The Labute approximate surface area is 181 Å². The topological polar surface area (TPSA) is 32.3 Å². The second-order valence-electron chi connectivity index (χ2n) is 8.00. The SMILES string of the molecule is C/C(=C\[C@@H]1CC(C)CN1C(=O)Nc1cc(C(F)(F)F)cc(C(F)(F)F)c1)c1ccccc1. The first-order valence-electron chi connectivity index (χ1n) is 9.95. The molecule has 0 radical (unpaired) electrons. The van der Waals surface area contributed by atoms with Gasteiger partial charge in [-0.25, -0.2) is 4.79 Å². The number of anilines is 1. The molecule has 3 rings (SSSR count). The van der Waals surface area contributed by atoms with Crippen molar-refractivity contribution in [2.75, 3.05) is 11.9 Å². The van der Waals surface area contributed by atoms with Crippen molar-refractivity contribution in [3.63, 3.8) is 0 Å². The summed E-state index contributed by atoms with van der Waals surface area (Å²) < 4.78 is 78.6. The Morgan fingerprint density at radius 1 is 1.00 bits per heavy atom. The molecule has 1 aliphatic heterocycles. The molecule has 32 heavy (non-hydrogen) atoms. The van der Waals surface area contributed by atoms with E-state index in [9.17, 15) is 31.1 Å². The third-order valence-electron chi connectivity index (χ3n) is 5.32. The van der Waals surface area contributed by atoms with Crippen LogP contribution in [0.4, 0.5) is 36.8 Å². The molecule has 1 saturated heterocycles. The largest absolute Gasteiger partial charge is 0.416 e. The van der Waals surface area contributed by atoms with E-state index in [4.69, 9.17) is 0 Å². The Morgan fingerprint density at radius 2 is 1.56 bits per heavy atom. The maximum absolute atomic E-state index is 13.1. The van der Waals surface area contributed by atoms with Gasteiger partial charge in [0, 0.05) is 12.2 Å². The highest BCUT2D eigenvalue weighted by atomic mass is 19.4. The van der Waals surface area contributed by atoms with Crippen molar-refractivity contribution in [1.82, 2.24) is 4.90 Å². The van der Waals surface area contributed by atoms with E-state index in [0.717, 1.165) is 11.1 Å². The molecule has 9 heteroatoms. The van der Waals surface area contributed by atoms with Crippen molar-refractivity contribution >= 4 is 17.3 Å². The van der Waals surface area contributed by atoms with Crippen LogP contribution in [-0.2, 0) is 12.4 Å². The number of alkyl halides is 6. The van der Waals surface area contributed by atoms with Crippen LogP contribution in [0.25, 0.3) is 5.57 Å². The first-order valence-corrected chi connectivity index (χ1v) is 9.95. The van der Waals surface area contributed by atoms with Crippen molar-refractivity contribution < 1.29 is 31.1 Å². The Bertz CT molecular complexity index is 966. The maximum atomic E-state index is 13.1. The molecule has 2 aromatic rings. The Kier molecular flexibility index (Phi) is 6.57. The van der Waals surface area contributed by atoms with Gasteiger partial charge in [-0.3, -0.25) is 0 Å². The van der Waals surface area contributed by atoms with Crippen LogP contribution in [0.2, 0.25) is 0 Å². The minimum atomic E-state index is -4.99. The number of halogens is 6. The van der Waals surface area contributed by atoms with Crippen molar-refractivity contribution in [2.24, 2.45) is 5.92 Å². The van der Waals surface area contributed by atoms with Crippen molar-refractivity contribution in [2.45, 2.75) is 38.7 Å². The van der Waals surface area contributed by atoms with Crippen LogP contribution in [-0.4, -0.2) is 23.5 Å². The van der Waals surface area contributed by atoms with E-state index in [1.54, 1.807) is 0 Å². The third kappa shape index (κ3) is 5.63. The summed E-state index contributed by atoms with van der Waals surface area (Å²) in [5, 5.41) is 2.23. The molecule has 1 heterocycles. The number of amides is 2. The summed E-state index contributed by atoms with van der Waals surface area (Å²) in [4.78, 5) is 14.3. The Morgan fingerprint density at radius 3 is 2.09 bits per heavy atom. The molecular weight excluding hydrogens is 434 g/mol. The van der Waals surface area contributed by atoms with Crippen molar-refractivity contribution in [3.8, 4) is 0 Å². The first-order chi connectivity index (χ1) is 14.8. The number of hydrogen-bond acceptors (Lipinski definition) is 1. The molecule has 1 unspecified atom stereocenters. The summed E-state index contributed by atoms with van der Waals surface area (Å²) in [6, 6.07) is 9.41. The van der Waals surface area contributed by atoms with Crippen LogP contribution < -0.4 is 5.32 Å². The molecule has 0 aromatic heterocycles. The number of allylic oxidation sites excluding steroid dienone is 1. The highest BCUT2D eigenvalue weighted by Crippen LogP contribution is 2.38. The molecule has 2 amide bonds. The van der Waals surface area contributed by atoms with E-state index < -0.39 is 35.2 Å². The number of nitrogens with zero attached hydrogens (tertiary/aromatic N) is 1. The first kappa shape index (κ1) is 23.7. The highest BCUT2D eigenvalue weighted by Gasteiger charge is 2.38. The fraction of sp³-hybridized carbons (Fsp3) is 0.348. The zero-order chi connectivity index (χ0) is 23.7. The predicted octanol–water partition coefficient (Wildman–Crippen LogP) is 7.07. The van der Waals surface area contributed by atoms with Crippen LogP contribution in [0.15, 0.2) is 54.6 Å². The van der Waals surface area contributed by atoms with E-state index in [-0.39, 0.29) is 18.0 Å². The fourth-order valence-corrected chi connectivity index (χ4v) is 3.78. The lowest BCUT2D eigenvalue weighted by Gasteiger charge is -2.24. The molecule has 1 fully saturated rings. The minimum absolute atomic E-state index is 0.0301. The summed E-state index contributed by atoms with van der Waals surface area (Å²) in [6.45, 7) is 4.15. The standard InChI is InChI=1S/C23H22F6N2O/c1-14-8-20(9-15(2)16-6-4-3-5-7-16)31(13-14)21(32)30-19-11-17(22(24,25)26)10-18(12-19)23(27,28)29/h3-7,9-12,14,20H,8,13H2,1-2H3,(H,30,32)/b15-9+/t14?,20-/m0/s1. The fourth-order valence-electron chi connectivity index (χ4n) is 3.78. The van der Waals surface area contributed by atoms with Crippen molar-refractivity contribution in [3.05, 3.63) is 71.3 Å². The van der Waals surface area contributed by atoms with E-state index in [2.05, 4.69) is 5.32 Å².